The molecule has 0 saturated carbocycles. The molecular weight excluding hydrogens is 297 g/mol. The lowest BCUT2D eigenvalue weighted by atomic mass is 9.91. The molecule has 2 rings (SSSR count). The number of rotatable bonds is 4. The van der Waals surface area contributed by atoms with Crippen molar-refractivity contribution in [3.05, 3.63) is 35.4 Å². The number of piperidine rings is 1. The van der Waals surface area contributed by atoms with Gasteiger partial charge in [-0.1, -0.05) is 12.1 Å². The van der Waals surface area contributed by atoms with Crippen LogP contribution in [0.1, 0.15) is 24.0 Å². The zero-order valence-electron chi connectivity index (χ0n) is 12.3. The Balaban J connectivity index is 1.96. The van der Waals surface area contributed by atoms with Gasteiger partial charge in [-0.25, -0.2) is 0 Å². The Morgan fingerprint density at radius 1 is 1.27 bits per heavy atom. The van der Waals surface area contributed by atoms with Crippen molar-refractivity contribution < 1.29 is 22.7 Å². The van der Waals surface area contributed by atoms with Gasteiger partial charge in [-0.05, 0) is 43.6 Å². The molecule has 1 saturated heterocycles. The number of methoxy groups -OCH3 is 1. The zero-order chi connectivity index (χ0) is 16.2. The Bertz CT molecular complexity index is 509. The second-order valence-corrected chi connectivity index (χ2v) is 5.33. The molecule has 0 aliphatic carbocycles. The van der Waals surface area contributed by atoms with E-state index in [0.717, 1.165) is 12.1 Å². The molecular formula is C15H19F3N2O2. The van der Waals surface area contributed by atoms with Crippen molar-refractivity contribution in [1.82, 2.24) is 10.6 Å². The van der Waals surface area contributed by atoms with E-state index in [4.69, 9.17) is 4.74 Å². The summed E-state index contributed by atoms with van der Waals surface area (Å²) in [6, 6.07) is 4.76. The zero-order valence-corrected chi connectivity index (χ0v) is 12.3. The average molecular weight is 316 g/mol. The van der Waals surface area contributed by atoms with E-state index in [2.05, 4.69) is 10.6 Å². The summed E-state index contributed by atoms with van der Waals surface area (Å²) in [6.45, 7) is 1.57. The van der Waals surface area contributed by atoms with Gasteiger partial charge >= 0.3 is 6.18 Å². The van der Waals surface area contributed by atoms with Gasteiger partial charge in [-0.3, -0.25) is 4.79 Å². The Hall–Kier alpha value is -1.60. The second kappa shape index (κ2) is 6.66. The SMILES string of the molecule is COC1(C(=O)NCc2ccc(C(F)(F)F)cc2)CCNCC1. The van der Waals surface area contributed by atoms with Gasteiger partial charge in [-0.2, -0.15) is 13.2 Å². The minimum atomic E-state index is -4.35. The highest BCUT2D eigenvalue weighted by molar-refractivity contribution is 5.85. The Kier molecular flexibility index (Phi) is 5.08. The molecule has 7 heteroatoms. The summed E-state index contributed by atoms with van der Waals surface area (Å²) in [5, 5.41) is 5.90. The predicted molar refractivity (Wildman–Crippen MR) is 75.1 cm³/mol. The summed E-state index contributed by atoms with van der Waals surface area (Å²) in [5.41, 5.74) is -0.937. The maximum absolute atomic E-state index is 12.5. The molecule has 122 valence electrons. The number of carbonyl (C=O) groups excluding carboxylic acids is 1. The molecule has 22 heavy (non-hydrogen) atoms. The summed E-state index contributed by atoms with van der Waals surface area (Å²) in [7, 11) is 1.50. The molecule has 1 aromatic carbocycles. The van der Waals surface area contributed by atoms with Gasteiger partial charge in [0.05, 0.1) is 5.56 Å². The molecule has 1 aromatic rings. The largest absolute Gasteiger partial charge is 0.416 e. The van der Waals surface area contributed by atoms with Crippen LogP contribution in [0.15, 0.2) is 24.3 Å². The highest BCUT2D eigenvalue weighted by Crippen LogP contribution is 2.29. The Morgan fingerprint density at radius 2 is 1.86 bits per heavy atom. The number of alkyl halides is 3. The van der Waals surface area contributed by atoms with Crippen molar-refractivity contribution >= 4 is 5.91 Å². The van der Waals surface area contributed by atoms with Gasteiger partial charge in [0, 0.05) is 13.7 Å². The number of benzene rings is 1. The number of hydrogen-bond donors (Lipinski definition) is 2. The van der Waals surface area contributed by atoms with Crippen molar-refractivity contribution in [2.75, 3.05) is 20.2 Å². The van der Waals surface area contributed by atoms with Gasteiger partial charge in [-0.15, -0.1) is 0 Å². The third-order valence-corrected chi connectivity index (χ3v) is 3.95. The summed E-state index contributed by atoms with van der Waals surface area (Å²) in [6.07, 6.45) is -3.21. The van der Waals surface area contributed by atoms with E-state index in [0.29, 0.717) is 31.5 Å². The first-order valence-corrected chi connectivity index (χ1v) is 7.08. The van der Waals surface area contributed by atoms with Crippen LogP contribution in [0.25, 0.3) is 0 Å². The number of halogens is 3. The van der Waals surface area contributed by atoms with E-state index in [1.807, 2.05) is 0 Å². The van der Waals surface area contributed by atoms with E-state index in [9.17, 15) is 18.0 Å². The quantitative estimate of drug-likeness (QED) is 0.894. The third kappa shape index (κ3) is 3.78. The van der Waals surface area contributed by atoms with Crippen LogP contribution in [0.5, 0.6) is 0 Å². The maximum atomic E-state index is 12.5. The van der Waals surface area contributed by atoms with Crippen LogP contribution in [-0.2, 0) is 22.3 Å². The Morgan fingerprint density at radius 3 is 2.36 bits per heavy atom. The topological polar surface area (TPSA) is 50.4 Å². The van der Waals surface area contributed by atoms with E-state index in [1.54, 1.807) is 0 Å². The van der Waals surface area contributed by atoms with E-state index < -0.39 is 17.3 Å². The summed E-state index contributed by atoms with van der Waals surface area (Å²) < 4.78 is 42.8. The van der Waals surface area contributed by atoms with E-state index >= 15 is 0 Å². The molecule has 1 amide bonds. The molecule has 1 fully saturated rings. The molecule has 1 aliphatic rings. The summed E-state index contributed by atoms with van der Waals surface area (Å²) in [4.78, 5) is 12.3. The van der Waals surface area contributed by atoms with Crippen LogP contribution in [0.4, 0.5) is 13.2 Å². The van der Waals surface area contributed by atoms with Crippen molar-refractivity contribution in [1.29, 1.82) is 0 Å². The molecule has 1 heterocycles. The molecule has 0 unspecified atom stereocenters. The first-order chi connectivity index (χ1) is 10.4. The van der Waals surface area contributed by atoms with Crippen molar-refractivity contribution in [2.45, 2.75) is 31.2 Å². The average Bonchev–Trinajstić information content (AvgIpc) is 2.52. The fourth-order valence-electron chi connectivity index (χ4n) is 2.51. The van der Waals surface area contributed by atoms with Crippen molar-refractivity contribution in [2.24, 2.45) is 0 Å². The third-order valence-electron chi connectivity index (χ3n) is 3.95. The standard InChI is InChI=1S/C15H19F3N2O2/c1-22-14(6-8-19-9-7-14)13(21)20-10-11-2-4-12(5-3-11)15(16,17)18/h2-5,19H,6-10H2,1H3,(H,20,21). The highest BCUT2D eigenvalue weighted by atomic mass is 19.4. The molecule has 2 N–H and O–H groups in total. The number of carbonyl (C=O) groups is 1. The van der Waals surface area contributed by atoms with Gasteiger partial charge in [0.1, 0.15) is 5.60 Å². The first kappa shape index (κ1) is 16.8. The number of nitrogens with one attached hydrogen (secondary N) is 2. The van der Waals surface area contributed by atoms with Crippen LogP contribution in [0, 0.1) is 0 Å². The lowest BCUT2D eigenvalue weighted by Gasteiger charge is -2.34. The van der Waals surface area contributed by atoms with E-state index in [1.165, 1.54) is 19.2 Å². The molecule has 1 aliphatic heterocycles. The molecule has 0 bridgehead atoms. The number of ether oxygens (including phenoxy) is 1. The normalized spacial score (nSPS) is 18.0. The summed E-state index contributed by atoms with van der Waals surface area (Å²) >= 11 is 0. The van der Waals surface area contributed by atoms with Gasteiger partial charge < -0.3 is 15.4 Å². The molecule has 0 atom stereocenters. The number of hydrogen-bond acceptors (Lipinski definition) is 3. The van der Waals surface area contributed by atoms with Crippen LogP contribution in [0.2, 0.25) is 0 Å². The molecule has 4 nitrogen and oxygen atoms in total. The van der Waals surface area contributed by atoms with Crippen LogP contribution < -0.4 is 10.6 Å². The van der Waals surface area contributed by atoms with Crippen LogP contribution >= 0.6 is 0 Å². The molecule has 0 radical (unpaired) electrons. The maximum Gasteiger partial charge on any atom is 0.416 e. The Labute approximate surface area is 127 Å². The van der Waals surface area contributed by atoms with Crippen LogP contribution in [0.3, 0.4) is 0 Å². The molecule has 0 aromatic heterocycles. The number of amides is 1. The lowest BCUT2D eigenvalue weighted by Crippen LogP contribution is -2.53. The van der Waals surface area contributed by atoms with Gasteiger partial charge in [0.25, 0.3) is 5.91 Å². The summed E-state index contributed by atoms with van der Waals surface area (Å²) in [5.74, 6) is -0.226. The minimum absolute atomic E-state index is 0.176. The minimum Gasteiger partial charge on any atom is -0.368 e. The van der Waals surface area contributed by atoms with E-state index in [-0.39, 0.29) is 12.5 Å². The lowest BCUT2D eigenvalue weighted by molar-refractivity contribution is -0.146. The second-order valence-electron chi connectivity index (χ2n) is 5.33. The van der Waals surface area contributed by atoms with Crippen molar-refractivity contribution in [3.8, 4) is 0 Å². The monoisotopic (exact) mass is 316 g/mol. The fraction of sp³-hybridized carbons (Fsp3) is 0.533. The van der Waals surface area contributed by atoms with Gasteiger partial charge in [0.2, 0.25) is 0 Å². The predicted octanol–water partition coefficient (Wildman–Crippen LogP) is 2.09. The molecule has 0 spiro atoms. The first-order valence-electron chi connectivity index (χ1n) is 7.08. The smallest absolute Gasteiger partial charge is 0.368 e. The highest BCUT2D eigenvalue weighted by Gasteiger charge is 2.39. The fourth-order valence-corrected chi connectivity index (χ4v) is 2.51. The van der Waals surface area contributed by atoms with Gasteiger partial charge in [0.15, 0.2) is 0 Å². The van der Waals surface area contributed by atoms with Crippen molar-refractivity contribution in [3.63, 3.8) is 0 Å². The van der Waals surface area contributed by atoms with Crippen LogP contribution in [-0.4, -0.2) is 31.7 Å².